The normalized spacial score (nSPS) is 18.0. The third-order valence-electron chi connectivity index (χ3n) is 3.93. The van der Waals surface area contributed by atoms with Crippen LogP contribution in [0.25, 0.3) is 0 Å². The standard InChI is InChI=1S/C16H21F3N2O/c1-11(15(22)21-14-5-7-20-8-6-14)9-12-3-2-4-13(10-12)16(17,18)19/h2-4,10-11,14,20H,5-9H2,1H3,(H,21,22). The molecule has 1 amide bonds. The first-order chi connectivity index (χ1) is 10.4. The second-order valence-electron chi connectivity index (χ2n) is 5.84. The Labute approximate surface area is 128 Å². The summed E-state index contributed by atoms with van der Waals surface area (Å²) in [6, 6.07) is 5.34. The lowest BCUT2D eigenvalue weighted by molar-refractivity contribution is -0.137. The number of nitrogens with one attached hydrogen (secondary N) is 2. The topological polar surface area (TPSA) is 41.1 Å². The van der Waals surface area contributed by atoms with Gasteiger partial charge in [0.1, 0.15) is 0 Å². The molecule has 1 aromatic rings. The first-order valence-corrected chi connectivity index (χ1v) is 7.53. The minimum Gasteiger partial charge on any atom is -0.353 e. The van der Waals surface area contributed by atoms with E-state index in [1.54, 1.807) is 13.0 Å². The Bertz CT molecular complexity index is 510. The predicted molar refractivity (Wildman–Crippen MR) is 78.3 cm³/mol. The molecule has 1 aliphatic heterocycles. The molecular formula is C16H21F3N2O. The van der Waals surface area contributed by atoms with Crippen LogP contribution in [-0.2, 0) is 17.4 Å². The zero-order valence-electron chi connectivity index (χ0n) is 12.5. The lowest BCUT2D eigenvalue weighted by atomic mass is 9.97. The molecule has 1 heterocycles. The third kappa shape index (κ3) is 4.73. The summed E-state index contributed by atoms with van der Waals surface area (Å²) >= 11 is 0. The quantitative estimate of drug-likeness (QED) is 0.897. The van der Waals surface area contributed by atoms with Crippen molar-refractivity contribution in [3.63, 3.8) is 0 Å². The molecule has 1 saturated heterocycles. The smallest absolute Gasteiger partial charge is 0.353 e. The van der Waals surface area contributed by atoms with Gasteiger partial charge in [-0.2, -0.15) is 13.2 Å². The molecule has 1 unspecified atom stereocenters. The van der Waals surface area contributed by atoms with E-state index in [1.165, 1.54) is 6.07 Å². The molecule has 22 heavy (non-hydrogen) atoms. The highest BCUT2D eigenvalue weighted by Gasteiger charge is 2.30. The summed E-state index contributed by atoms with van der Waals surface area (Å²) in [5.41, 5.74) is -0.140. The highest BCUT2D eigenvalue weighted by molar-refractivity contribution is 5.78. The molecule has 2 rings (SSSR count). The fourth-order valence-corrected chi connectivity index (χ4v) is 2.63. The van der Waals surface area contributed by atoms with E-state index in [-0.39, 0.29) is 17.9 Å². The Balaban J connectivity index is 1.93. The average Bonchev–Trinajstić information content (AvgIpc) is 2.47. The van der Waals surface area contributed by atoms with Gasteiger partial charge in [-0.25, -0.2) is 0 Å². The number of hydrogen-bond acceptors (Lipinski definition) is 2. The second-order valence-corrected chi connectivity index (χ2v) is 5.84. The molecule has 2 N–H and O–H groups in total. The Kier molecular flexibility index (Phi) is 5.45. The number of hydrogen-bond donors (Lipinski definition) is 2. The zero-order chi connectivity index (χ0) is 16.2. The van der Waals surface area contributed by atoms with Gasteiger partial charge < -0.3 is 10.6 Å². The van der Waals surface area contributed by atoms with E-state index in [0.717, 1.165) is 38.1 Å². The van der Waals surface area contributed by atoms with Crippen molar-refractivity contribution in [2.45, 2.75) is 38.4 Å². The van der Waals surface area contributed by atoms with Gasteiger partial charge >= 0.3 is 6.18 Å². The summed E-state index contributed by atoms with van der Waals surface area (Å²) in [7, 11) is 0. The summed E-state index contributed by atoms with van der Waals surface area (Å²) < 4.78 is 38.1. The maximum Gasteiger partial charge on any atom is 0.416 e. The summed E-state index contributed by atoms with van der Waals surface area (Å²) in [5.74, 6) is -0.442. The van der Waals surface area contributed by atoms with Crippen LogP contribution in [0.15, 0.2) is 24.3 Å². The van der Waals surface area contributed by atoms with E-state index in [1.807, 2.05) is 0 Å². The molecule has 122 valence electrons. The molecule has 0 saturated carbocycles. The molecule has 1 aliphatic rings. The van der Waals surface area contributed by atoms with Gasteiger partial charge in [0, 0.05) is 12.0 Å². The van der Waals surface area contributed by atoms with E-state index in [4.69, 9.17) is 0 Å². The van der Waals surface area contributed by atoms with Crippen molar-refractivity contribution in [2.75, 3.05) is 13.1 Å². The van der Waals surface area contributed by atoms with Crippen molar-refractivity contribution in [1.29, 1.82) is 0 Å². The number of alkyl halides is 3. The van der Waals surface area contributed by atoms with Crippen LogP contribution in [0.1, 0.15) is 30.9 Å². The van der Waals surface area contributed by atoms with Gasteiger partial charge in [-0.15, -0.1) is 0 Å². The van der Waals surface area contributed by atoms with Crippen LogP contribution >= 0.6 is 0 Å². The number of carbonyl (C=O) groups excluding carboxylic acids is 1. The maximum atomic E-state index is 12.7. The maximum absolute atomic E-state index is 12.7. The molecule has 1 aromatic carbocycles. The number of benzene rings is 1. The van der Waals surface area contributed by atoms with Crippen LogP contribution < -0.4 is 10.6 Å². The van der Waals surface area contributed by atoms with E-state index in [2.05, 4.69) is 10.6 Å². The lowest BCUT2D eigenvalue weighted by Crippen LogP contribution is -2.44. The van der Waals surface area contributed by atoms with Crippen LogP contribution in [0.2, 0.25) is 0 Å². The zero-order valence-corrected chi connectivity index (χ0v) is 12.5. The van der Waals surface area contributed by atoms with Crippen molar-refractivity contribution in [3.05, 3.63) is 35.4 Å². The third-order valence-corrected chi connectivity index (χ3v) is 3.93. The van der Waals surface area contributed by atoms with Gasteiger partial charge in [-0.1, -0.05) is 25.1 Å². The molecule has 0 aromatic heterocycles. The average molecular weight is 314 g/mol. The highest BCUT2D eigenvalue weighted by atomic mass is 19.4. The van der Waals surface area contributed by atoms with Crippen LogP contribution in [0.3, 0.4) is 0 Å². The fraction of sp³-hybridized carbons (Fsp3) is 0.562. The van der Waals surface area contributed by atoms with Crippen LogP contribution in [-0.4, -0.2) is 25.0 Å². The van der Waals surface area contributed by atoms with E-state index >= 15 is 0 Å². The molecular weight excluding hydrogens is 293 g/mol. The van der Waals surface area contributed by atoms with Gasteiger partial charge in [0.2, 0.25) is 5.91 Å². The summed E-state index contributed by atoms with van der Waals surface area (Å²) in [4.78, 5) is 12.1. The Morgan fingerprint density at radius 1 is 1.36 bits per heavy atom. The number of halogens is 3. The predicted octanol–water partition coefficient (Wildman–Crippen LogP) is 2.75. The molecule has 6 heteroatoms. The molecule has 0 bridgehead atoms. The first kappa shape index (κ1) is 16.8. The minimum absolute atomic E-state index is 0.0932. The molecule has 1 atom stereocenters. The Hall–Kier alpha value is -1.56. The fourth-order valence-electron chi connectivity index (χ4n) is 2.63. The monoisotopic (exact) mass is 314 g/mol. The number of piperidine rings is 1. The molecule has 3 nitrogen and oxygen atoms in total. The summed E-state index contributed by atoms with van der Waals surface area (Å²) in [6.45, 7) is 3.51. The highest BCUT2D eigenvalue weighted by Crippen LogP contribution is 2.30. The Morgan fingerprint density at radius 3 is 2.68 bits per heavy atom. The van der Waals surface area contributed by atoms with E-state index in [0.29, 0.717) is 12.0 Å². The van der Waals surface area contributed by atoms with Gasteiger partial charge in [0.15, 0.2) is 0 Å². The minimum atomic E-state index is -4.35. The van der Waals surface area contributed by atoms with Crippen LogP contribution in [0, 0.1) is 5.92 Å². The molecule has 1 fully saturated rings. The van der Waals surface area contributed by atoms with Crippen molar-refractivity contribution in [2.24, 2.45) is 5.92 Å². The van der Waals surface area contributed by atoms with E-state index in [9.17, 15) is 18.0 Å². The number of rotatable bonds is 4. The second kappa shape index (κ2) is 7.13. The van der Waals surface area contributed by atoms with Crippen molar-refractivity contribution in [1.82, 2.24) is 10.6 Å². The van der Waals surface area contributed by atoms with Crippen LogP contribution in [0.5, 0.6) is 0 Å². The summed E-state index contributed by atoms with van der Waals surface area (Å²) in [6.07, 6.45) is -2.26. The lowest BCUT2D eigenvalue weighted by Gasteiger charge is -2.25. The molecule has 0 aliphatic carbocycles. The molecule has 0 spiro atoms. The number of amides is 1. The van der Waals surface area contributed by atoms with E-state index < -0.39 is 11.7 Å². The van der Waals surface area contributed by atoms with Crippen molar-refractivity contribution >= 4 is 5.91 Å². The van der Waals surface area contributed by atoms with Gasteiger partial charge in [0.05, 0.1) is 5.56 Å². The van der Waals surface area contributed by atoms with Crippen LogP contribution in [0.4, 0.5) is 13.2 Å². The summed E-state index contributed by atoms with van der Waals surface area (Å²) in [5, 5.41) is 6.20. The molecule has 0 radical (unpaired) electrons. The number of carbonyl (C=O) groups is 1. The van der Waals surface area contributed by atoms with Crippen molar-refractivity contribution < 1.29 is 18.0 Å². The van der Waals surface area contributed by atoms with Gasteiger partial charge in [-0.3, -0.25) is 4.79 Å². The Morgan fingerprint density at radius 2 is 2.05 bits per heavy atom. The van der Waals surface area contributed by atoms with Crippen molar-refractivity contribution in [3.8, 4) is 0 Å². The first-order valence-electron chi connectivity index (χ1n) is 7.53. The van der Waals surface area contributed by atoms with Gasteiger partial charge in [0.25, 0.3) is 0 Å². The SMILES string of the molecule is CC(Cc1cccc(C(F)(F)F)c1)C(=O)NC1CCNCC1. The largest absolute Gasteiger partial charge is 0.416 e. The van der Waals surface area contributed by atoms with Gasteiger partial charge in [-0.05, 0) is 44.0 Å².